The molecule has 218 valence electrons. The van der Waals surface area contributed by atoms with E-state index in [1.807, 2.05) is 6.07 Å². The summed E-state index contributed by atoms with van der Waals surface area (Å²) in [6.07, 6.45) is 0. The summed E-state index contributed by atoms with van der Waals surface area (Å²) in [7, 11) is 0. The number of aromatic nitrogens is 2. The highest BCUT2D eigenvalue weighted by Crippen LogP contribution is 2.42. The second-order valence-electron chi connectivity index (χ2n) is 12.4. The van der Waals surface area contributed by atoms with Gasteiger partial charge in [-0.2, -0.15) is 0 Å². The lowest BCUT2D eigenvalue weighted by Crippen LogP contribution is -2.57. The molecule has 11 rings (SSSR count). The fourth-order valence-corrected chi connectivity index (χ4v) is 8.16. The zero-order valence-corrected chi connectivity index (χ0v) is 25.2. The van der Waals surface area contributed by atoms with Crippen LogP contribution in [0.25, 0.3) is 55.0 Å². The first-order valence-corrected chi connectivity index (χ1v) is 16.1. The first-order valence-electron chi connectivity index (χ1n) is 16.1. The van der Waals surface area contributed by atoms with Crippen LogP contribution in [0, 0.1) is 0 Å². The van der Waals surface area contributed by atoms with Crippen LogP contribution in [0.4, 0.5) is 0 Å². The quantitative estimate of drug-likeness (QED) is 0.186. The van der Waals surface area contributed by atoms with Crippen LogP contribution in [0.5, 0.6) is 23.0 Å². The van der Waals surface area contributed by atoms with Gasteiger partial charge < -0.3 is 18.6 Å². The fourth-order valence-electron chi connectivity index (χ4n) is 8.16. The van der Waals surface area contributed by atoms with Crippen LogP contribution in [0.1, 0.15) is 0 Å². The molecule has 0 aliphatic carbocycles. The predicted octanol–water partition coefficient (Wildman–Crippen LogP) is 8.61. The van der Waals surface area contributed by atoms with Crippen molar-refractivity contribution in [3.63, 3.8) is 0 Å². The number of hydrogen-bond acceptors (Lipinski definition) is 2. The van der Waals surface area contributed by atoms with Crippen molar-refractivity contribution in [1.82, 2.24) is 9.13 Å². The fraction of sp³-hybridized carbons (Fsp3) is 0. The Bertz CT molecular complexity index is 2480. The molecule has 0 atom stereocenters. The average Bonchev–Trinajstić information content (AvgIpc) is 3.64. The molecule has 4 heterocycles. The molecule has 4 nitrogen and oxygen atoms in total. The Morgan fingerprint density at radius 3 is 1.13 bits per heavy atom. The van der Waals surface area contributed by atoms with Gasteiger partial charge in [-0.05, 0) is 59.5 Å². The molecule has 9 aromatic rings. The third-order valence-corrected chi connectivity index (χ3v) is 10.1. The van der Waals surface area contributed by atoms with E-state index in [9.17, 15) is 0 Å². The lowest BCUT2D eigenvalue weighted by molar-refractivity contribution is 0.462. The van der Waals surface area contributed by atoms with Gasteiger partial charge in [-0.1, -0.05) is 103 Å². The van der Waals surface area contributed by atoms with Crippen molar-refractivity contribution in [1.29, 1.82) is 0 Å². The van der Waals surface area contributed by atoms with Gasteiger partial charge in [-0.3, -0.25) is 0 Å². The van der Waals surface area contributed by atoms with Gasteiger partial charge in [0, 0.05) is 27.0 Å². The van der Waals surface area contributed by atoms with Crippen LogP contribution >= 0.6 is 0 Å². The minimum atomic E-state index is -0.0604. The van der Waals surface area contributed by atoms with Gasteiger partial charge in [0.05, 0.1) is 33.4 Å². The van der Waals surface area contributed by atoms with Crippen molar-refractivity contribution in [2.45, 2.75) is 0 Å². The third kappa shape index (κ3) is 3.27. The molecule has 5 heteroatoms. The molecule has 0 saturated heterocycles. The Labute approximate surface area is 270 Å². The van der Waals surface area contributed by atoms with Gasteiger partial charge in [-0.15, -0.1) is 0 Å². The number of fused-ring (bicyclic) bond motifs is 10. The summed E-state index contributed by atoms with van der Waals surface area (Å²) in [6.45, 7) is -0.0604. The Morgan fingerprint density at radius 2 is 0.723 bits per heavy atom. The van der Waals surface area contributed by atoms with E-state index in [2.05, 4.69) is 155 Å². The Morgan fingerprint density at radius 1 is 0.362 bits per heavy atom. The lowest BCUT2D eigenvalue weighted by atomic mass is 9.34. The van der Waals surface area contributed by atoms with Crippen molar-refractivity contribution in [3.05, 3.63) is 152 Å². The molecule has 2 aromatic heterocycles. The maximum Gasteiger partial charge on any atom is 0.260 e. The molecular weight excluding hydrogens is 575 g/mol. The number of ether oxygens (including phenoxy) is 2. The van der Waals surface area contributed by atoms with E-state index in [4.69, 9.17) is 9.47 Å². The molecule has 0 spiro atoms. The highest BCUT2D eigenvalue weighted by Gasteiger charge is 2.42. The topological polar surface area (TPSA) is 28.3 Å². The number of para-hydroxylation sites is 6. The molecule has 7 aromatic carbocycles. The molecular formula is C42H25BN2O2. The highest BCUT2D eigenvalue weighted by molar-refractivity contribution is 6.98. The molecule has 2 aliphatic heterocycles. The highest BCUT2D eigenvalue weighted by atomic mass is 16.5. The SMILES string of the molecule is c1cc2c3c(c1)Oc1c(cccc1-n1c4ccccc4c4ccccc41)B3c1cccc(-n3c4ccccc4c4ccccc43)c1O2. The number of benzene rings is 7. The van der Waals surface area contributed by atoms with Crippen molar-refractivity contribution < 1.29 is 9.47 Å². The van der Waals surface area contributed by atoms with E-state index in [1.165, 1.54) is 21.5 Å². The van der Waals surface area contributed by atoms with Crippen molar-refractivity contribution in [2.75, 3.05) is 0 Å². The minimum absolute atomic E-state index is 0.0604. The zero-order valence-electron chi connectivity index (χ0n) is 25.2. The van der Waals surface area contributed by atoms with Gasteiger partial charge in [0.2, 0.25) is 0 Å². The molecule has 0 radical (unpaired) electrons. The van der Waals surface area contributed by atoms with Crippen molar-refractivity contribution in [3.8, 4) is 34.4 Å². The van der Waals surface area contributed by atoms with E-state index in [1.54, 1.807) is 0 Å². The first kappa shape index (κ1) is 25.0. The van der Waals surface area contributed by atoms with E-state index in [0.717, 1.165) is 72.8 Å². The predicted molar refractivity (Wildman–Crippen MR) is 193 cm³/mol. The monoisotopic (exact) mass is 600 g/mol. The van der Waals surface area contributed by atoms with E-state index in [-0.39, 0.29) is 6.71 Å². The third-order valence-electron chi connectivity index (χ3n) is 10.1. The normalized spacial score (nSPS) is 13.0. The standard InChI is InChI=1S/C42H25BN2O2/c1-5-18-32-26(12-1)27-13-2-6-19-33(27)44(32)36-22-9-16-30-41(36)46-38-24-11-25-39-40(38)43(30)31-17-10-23-37(42(31)47-39)45-34-20-7-3-14-28(34)29-15-4-8-21-35(29)45/h1-25H. The summed E-state index contributed by atoms with van der Waals surface area (Å²) in [6, 6.07) is 53.8. The molecule has 2 aliphatic rings. The summed E-state index contributed by atoms with van der Waals surface area (Å²) < 4.78 is 18.5. The molecule has 0 saturated carbocycles. The molecule has 0 unspecified atom stereocenters. The van der Waals surface area contributed by atoms with Crippen molar-refractivity contribution >= 4 is 66.7 Å². The largest absolute Gasteiger partial charge is 0.456 e. The minimum Gasteiger partial charge on any atom is -0.456 e. The Balaban J connectivity index is 1.20. The van der Waals surface area contributed by atoms with Gasteiger partial charge in [0.25, 0.3) is 6.71 Å². The Kier molecular flexibility index (Phi) is 4.89. The second kappa shape index (κ2) is 9.18. The summed E-state index contributed by atoms with van der Waals surface area (Å²) in [5.74, 6) is 3.43. The van der Waals surface area contributed by atoms with Crippen LogP contribution in [0.3, 0.4) is 0 Å². The second-order valence-corrected chi connectivity index (χ2v) is 12.4. The van der Waals surface area contributed by atoms with E-state index in [0.29, 0.717) is 0 Å². The number of rotatable bonds is 2. The maximum atomic E-state index is 6.90. The van der Waals surface area contributed by atoms with Gasteiger partial charge in [0.1, 0.15) is 23.0 Å². The first-order chi connectivity index (χ1) is 23.3. The summed E-state index contributed by atoms with van der Waals surface area (Å²) in [4.78, 5) is 0. The van der Waals surface area contributed by atoms with E-state index < -0.39 is 0 Å². The van der Waals surface area contributed by atoms with Crippen LogP contribution in [-0.4, -0.2) is 15.8 Å². The average molecular weight is 600 g/mol. The summed E-state index contributed by atoms with van der Waals surface area (Å²) >= 11 is 0. The van der Waals surface area contributed by atoms with Gasteiger partial charge in [0.15, 0.2) is 0 Å². The molecule has 0 fully saturated rings. The smallest absolute Gasteiger partial charge is 0.260 e. The lowest BCUT2D eigenvalue weighted by Gasteiger charge is -2.34. The zero-order chi connectivity index (χ0) is 30.6. The van der Waals surface area contributed by atoms with E-state index >= 15 is 0 Å². The van der Waals surface area contributed by atoms with Crippen molar-refractivity contribution in [2.24, 2.45) is 0 Å². The number of nitrogens with zero attached hydrogens (tertiary/aromatic N) is 2. The van der Waals surface area contributed by atoms with Crippen LogP contribution in [0.15, 0.2) is 152 Å². The molecule has 0 bridgehead atoms. The van der Waals surface area contributed by atoms with Gasteiger partial charge >= 0.3 is 0 Å². The molecule has 0 amide bonds. The summed E-state index contributed by atoms with van der Waals surface area (Å²) in [5.41, 5.74) is 10.0. The number of hydrogen-bond donors (Lipinski definition) is 0. The summed E-state index contributed by atoms with van der Waals surface area (Å²) in [5, 5.41) is 4.91. The van der Waals surface area contributed by atoms with Crippen LogP contribution in [-0.2, 0) is 0 Å². The van der Waals surface area contributed by atoms with Crippen LogP contribution < -0.4 is 25.9 Å². The maximum absolute atomic E-state index is 6.90. The molecule has 47 heavy (non-hydrogen) atoms. The van der Waals surface area contributed by atoms with Crippen LogP contribution in [0.2, 0.25) is 0 Å². The Hall–Kier alpha value is -6.20. The molecule has 0 N–H and O–H groups in total. The van der Waals surface area contributed by atoms with Gasteiger partial charge in [-0.25, -0.2) is 0 Å².